The van der Waals surface area contributed by atoms with Crippen molar-refractivity contribution in [1.82, 2.24) is 5.32 Å². The average molecular weight is 185 g/mol. The Kier molecular flexibility index (Phi) is 2.59. The first-order valence-corrected chi connectivity index (χ1v) is 4.33. The van der Waals surface area contributed by atoms with Gasteiger partial charge in [0.05, 0.1) is 7.11 Å². The average Bonchev–Trinajstić information content (AvgIpc) is 2.68. The van der Waals surface area contributed by atoms with Gasteiger partial charge >= 0.3 is 11.9 Å². The second-order valence-electron chi connectivity index (χ2n) is 4.09. The molecule has 13 heavy (non-hydrogen) atoms. The lowest BCUT2D eigenvalue weighted by Gasteiger charge is -2.04. The van der Waals surface area contributed by atoms with Gasteiger partial charge < -0.3 is 10.1 Å². The molecule has 1 atom stereocenters. The van der Waals surface area contributed by atoms with E-state index >= 15 is 0 Å². The molecule has 4 heteroatoms. The fraction of sp³-hybridized carbons (Fsp3) is 0.778. The number of methoxy groups -OCH3 is 1. The van der Waals surface area contributed by atoms with Gasteiger partial charge in [-0.1, -0.05) is 13.8 Å². The Balaban J connectivity index is 2.21. The molecule has 1 saturated carbocycles. The molecular weight excluding hydrogens is 170 g/mol. The highest BCUT2D eigenvalue weighted by Gasteiger charge is 2.45. The van der Waals surface area contributed by atoms with E-state index in [1.54, 1.807) is 0 Å². The number of carbonyl (C=O) groups excluding carboxylic acids is 2. The van der Waals surface area contributed by atoms with Crippen molar-refractivity contribution in [2.45, 2.75) is 20.3 Å². The molecule has 0 radical (unpaired) electrons. The predicted octanol–water partition coefficient (Wildman–Crippen LogP) is 0.322. The molecule has 1 N–H and O–H groups in total. The van der Waals surface area contributed by atoms with Crippen LogP contribution in [0.4, 0.5) is 0 Å². The van der Waals surface area contributed by atoms with Crippen LogP contribution in [0.3, 0.4) is 0 Å². The summed E-state index contributed by atoms with van der Waals surface area (Å²) in [5.41, 5.74) is 0.323. The molecule has 0 bridgehead atoms. The second-order valence-corrected chi connectivity index (χ2v) is 4.09. The number of ether oxygens (including phenoxy) is 1. The molecule has 0 aromatic heterocycles. The molecule has 0 aromatic carbocycles. The van der Waals surface area contributed by atoms with Gasteiger partial charge in [0.1, 0.15) is 0 Å². The summed E-state index contributed by atoms with van der Waals surface area (Å²) in [6.45, 7) is 4.85. The van der Waals surface area contributed by atoms with E-state index in [0.717, 1.165) is 6.42 Å². The van der Waals surface area contributed by atoms with Crippen molar-refractivity contribution in [2.75, 3.05) is 13.7 Å². The van der Waals surface area contributed by atoms with Crippen LogP contribution in [0.15, 0.2) is 0 Å². The van der Waals surface area contributed by atoms with Gasteiger partial charge in [0.25, 0.3) is 0 Å². The summed E-state index contributed by atoms with van der Waals surface area (Å²) in [7, 11) is 1.20. The van der Waals surface area contributed by atoms with Crippen LogP contribution in [-0.4, -0.2) is 25.5 Å². The SMILES string of the molecule is COC(=O)C(=O)NCC1CC1(C)C. The van der Waals surface area contributed by atoms with E-state index in [-0.39, 0.29) is 0 Å². The smallest absolute Gasteiger partial charge is 0.396 e. The zero-order valence-corrected chi connectivity index (χ0v) is 8.22. The van der Waals surface area contributed by atoms with Crippen LogP contribution in [0, 0.1) is 11.3 Å². The van der Waals surface area contributed by atoms with Crippen molar-refractivity contribution in [3.63, 3.8) is 0 Å². The lowest BCUT2D eigenvalue weighted by molar-refractivity contribution is -0.152. The Labute approximate surface area is 77.6 Å². The summed E-state index contributed by atoms with van der Waals surface area (Å²) in [4.78, 5) is 21.6. The lowest BCUT2D eigenvalue weighted by atomic mass is 10.1. The van der Waals surface area contributed by atoms with E-state index in [1.807, 2.05) is 0 Å². The van der Waals surface area contributed by atoms with Crippen LogP contribution in [0.2, 0.25) is 0 Å². The third-order valence-corrected chi connectivity index (χ3v) is 2.60. The minimum absolute atomic E-state index is 0.323. The Morgan fingerprint density at radius 3 is 2.46 bits per heavy atom. The predicted molar refractivity (Wildman–Crippen MR) is 46.9 cm³/mol. The molecular formula is C9H15NO3. The van der Waals surface area contributed by atoms with E-state index in [4.69, 9.17) is 0 Å². The van der Waals surface area contributed by atoms with Crippen LogP contribution < -0.4 is 5.32 Å². The summed E-state index contributed by atoms with van der Waals surface area (Å²) in [5, 5.41) is 2.54. The molecule has 0 saturated heterocycles. The number of rotatable bonds is 2. The summed E-state index contributed by atoms with van der Waals surface area (Å²) in [6.07, 6.45) is 1.11. The maximum absolute atomic E-state index is 10.9. The fourth-order valence-electron chi connectivity index (χ4n) is 1.31. The number of hydrogen-bond donors (Lipinski definition) is 1. The topological polar surface area (TPSA) is 55.4 Å². The number of nitrogens with one attached hydrogen (secondary N) is 1. The Morgan fingerprint density at radius 2 is 2.08 bits per heavy atom. The first-order valence-electron chi connectivity index (χ1n) is 4.33. The fourth-order valence-corrected chi connectivity index (χ4v) is 1.31. The molecule has 1 rings (SSSR count). The molecule has 1 unspecified atom stereocenters. The Hall–Kier alpha value is -1.06. The zero-order valence-electron chi connectivity index (χ0n) is 8.22. The highest BCUT2D eigenvalue weighted by Crippen LogP contribution is 2.50. The monoisotopic (exact) mass is 185 g/mol. The van der Waals surface area contributed by atoms with Gasteiger partial charge in [0.15, 0.2) is 0 Å². The van der Waals surface area contributed by atoms with E-state index in [2.05, 4.69) is 23.9 Å². The highest BCUT2D eigenvalue weighted by atomic mass is 16.5. The molecule has 0 aromatic rings. The van der Waals surface area contributed by atoms with Gasteiger partial charge in [-0.05, 0) is 17.8 Å². The van der Waals surface area contributed by atoms with E-state index in [0.29, 0.717) is 17.9 Å². The summed E-state index contributed by atoms with van der Waals surface area (Å²) in [6, 6.07) is 0. The number of carbonyl (C=O) groups is 2. The van der Waals surface area contributed by atoms with Crippen LogP contribution >= 0.6 is 0 Å². The molecule has 4 nitrogen and oxygen atoms in total. The normalized spacial score (nSPS) is 23.5. The largest absolute Gasteiger partial charge is 0.462 e. The van der Waals surface area contributed by atoms with E-state index in [1.165, 1.54) is 7.11 Å². The van der Waals surface area contributed by atoms with Crippen molar-refractivity contribution in [3.8, 4) is 0 Å². The molecule has 1 aliphatic carbocycles. The molecule has 1 aliphatic rings. The third-order valence-electron chi connectivity index (χ3n) is 2.60. The minimum Gasteiger partial charge on any atom is -0.462 e. The van der Waals surface area contributed by atoms with Gasteiger partial charge in [-0.3, -0.25) is 4.79 Å². The highest BCUT2D eigenvalue weighted by molar-refractivity contribution is 6.32. The van der Waals surface area contributed by atoms with Gasteiger partial charge in [-0.25, -0.2) is 4.79 Å². The summed E-state index contributed by atoms with van der Waals surface area (Å²) < 4.78 is 4.27. The maximum atomic E-state index is 10.9. The maximum Gasteiger partial charge on any atom is 0.396 e. The molecule has 0 aliphatic heterocycles. The molecule has 0 heterocycles. The van der Waals surface area contributed by atoms with Crippen LogP contribution in [0.25, 0.3) is 0 Å². The van der Waals surface area contributed by atoms with Crippen molar-refractivity contribution >= 4 is 11.9 Å². The quantitative estimate of drug-likeness (QED) is 0.498. The molecule has 1 amide bonds. The molecule has 74 valence electrons. The van der Waals surface area contributed by atoms with Crippen LogP contribution in [0.1, 0.15) is 20.3 Å². The first kappa shape index (κ1) is 10.0. The van der Waals surface area contributed by atoms with Gasteiger partial charge in [-0.2, -0.15) is 0 Å². The number of hydrogen-bond acceptors (Lipinski definition) is 3. The van der Waals surface area contributed by atoms with Crippen molar-refractivity contribution < 1.29 is 14.3 Å². The Bertz CT molecular complexity index is 235. The van der Waals surface area contributed by atoms with Gasteiger partial charge in [0.2, 0.25) is 0 Å². The summed E-state index contributed by atoms with van der Waals surface area (Å²) >= 11 is 0. The zero-order chi connectivity index (χ0) is 10.1. The summed E-state index contributed by atoms with van der Waals surface area (Å²) in [5.74, 6) is -0.968. The molecule has 0 spiro atoms. The standard InChI is InChI=1S/C9H15NO3/c1-9(2)4-6(9)5-10-7(11)8(12)13-3/h6H,4-5H2,1-3H3,(H,10,11). The minimum atomic E-state index is -0.821. The third kappa shape index (κ3) is 2.44. The van der Waals surface area contributed by atoms with Crippen molar-refractivity contribution in [2.24, 2.45) is 11.3 Å². The van der Waals surface area contributed by atoms with Crippen molar-refractivity contribution in [1.29, 1.82) is 0 Å². The Morgan fingerprint density at radius 1 is 1.54 bits per heavy atom. The van der Waals surface area contributed by atoms with E-state index < -0.39 is 11.9 Å². The molecule has 1 fully saturated rings. The lowest BCUT2D eigenvalue weighted by Crippen LogP contribution is -2.33. The van der Waals surface area contributed by atoms with Crippen LogP contribution in [-0.2, 0) is 14.3 Å². The van der Waals surface area contributed by atoms with Gasteiger partial charge in [0, 0.05) is 6.54 Å². The second kappa shape index (κ2) is 3.36. The number of amides is 1. The van der Waals surface area contributed by atoms with Crippen LogP contribution in [0.5, 0.6) is 0 Å². The van der Waals surface area contributed by atoms with Gasteiger partial charge in [-0.15, -0.1) is 0 Å². The first-order chi connectivity index (χ1) is 5.97. The number of esters is 1. The van der Waals surface area contributed by atoms with E-state index in [9.17, 15) is 9.59 Å². The van der Waals surface area contributed by atoms with Crippen molar-refractivity contribution in [3.05, 3.63) is 0 Å².